The molecule has 0 radical (unpaired) electrons. The van der Waals surface area contributed by atoms with Crippen LogP contribution in [0, 0.1) is 0 Å². The Kier molecular flexibility index (Phi) is 4.81. The summed E-state index contributed by atoms with van der Waals surface area (Å²) in [4.78, 5) is 24.8. The summed E-state index contributed by atoms with van der Waals surface area (Å²) in [6, 6.07) is 15.5. The van der Waals surface area contributed by atoms with Gasteiger partial charge in [0.1, 0.15) is 11.4 Å². The van der Waals surface area contributed by atoms with Gasteiger partial charge in [0.15, 0.2) is 0 Å². The number of carbonyl (C=O) groups is 2. The molecule has 0 bridgehead atoms. The fraction of sp³-hybridized carbons (Fsp3) is 0.0556. The highest BCUT2D eigenvalue weighted by atomic mass is 35.5. The van der Waals surface area contributed by atoms with Crippen molar-refractivity contribution in [3.8, 4) is 0 Å². The van der Waals surface area contributed by atoms with Crippen molar-refractivity contribution < 1.29 is 9.59 Å². The molecule has 0 spiro atoms. The number of hydrogen-bond donors (Lipinski definition) is 2. The second-order valence-corrected chi connectivity index (χ2v) is 5.75. The molecule has 126 valence electrons. The number of rotatable bonds is 4. The summed E-state index contributed by atoms with van der Waals surface area (Å²) in [5.74, 6) is -0.371. The standard InChI is InChI=1S/C18H15ClN4O2/c1-23-16(22-17(24)12-5-3-2-4-6-12)15(11-20-23)18(25)21-14-9-7-13(19)8-10-14/h2-11H,1H3,(H,21,25)(H,22,24). The Morgan fingerprint density at radius 2 is 1.64 bits per heavy atom. The highest BCUT2D eigenvalue weighted by Crippen LogP contribution is 2.19. The number of nitrogens with one attached hydrogen (secondary N) is 2. The second kappa shape index (κ2) is 7.19. The molecule has 1 heterocycles. The maximum Gasteiger partial charge on any atom is 0.261 e. The van der Waals surface area contributed by atoms with Gasteiger partial charge >= 0.3 is 0 Å². The molecule has 0 aliphatic carbocycles. The number of aryl methyl sites for hydroxylation is 1. The monoisotopic (exact) mass is 354 g/mol. The van der Waals surface area contributed by atoms with E-state index in [-0.39, 0.29) is 17.4 Å². The smallest absolute Gasteiger partial charge is 0.261 e. The van der Waals surface area contributed by atoms with Gasteiger partial charge in [-0.2, -0.15) is 5.10 Å². The van der Waals surface area contributed by atoms with E-state index in [1.807, 2.05) is 6.07 Å². The van der Waals surface area contributed by atoms with Crippen molar-refractivity contribution in [3.63, 3.8) is 0 Å². The topological polar surface area (TPSA) is 76.0 Å². The van der Waals surface area contributed by atoms with Gasteiger partial charge in [0.2, 0.25) is 0 Å². The molecule has 3 aromatic rings. The van der Waals surface area contributed by atoms with Crippen molar-refractivity contribution >= 4 is 34.9 Å². The van der Waals surface area contributed by atoms with Crippen LogP contribution >= 0.6 is 11.6 Å². The first-order valence-electron chi connectivity index (χ1n) is 7.50. The van der Waals surface area contributed by atoms with E-state index in [4.69, 9.17) is 11.6 Å². The van der Waals surface area contributed by atoms with Crippen molar-refractivity contribution in [2.75, 3.05) is 10.6 Å². The maximum atomic E-state index is 12.5. The van der Waals surface area contributed by atoms with E-state index >= 15 is 0 Å². The number of amides is 2. The molecule has 0 aliphatic rings. The summed E-state index contributed by atoms with van der Waals surface area (Å²) in [7, 11) is 1.65. The number of aromatic nitrogens is 2. The summed E-state index contributed by atoms with van der Waals surface area (Å²) in [5, 5.41) is 10.1. The van der Waals surface area contributed by atoms with Crippen molar-refractivity contribution in [1.82, 2.24) is 9.78 Å². The van der Waals surface area contributed by atoms with E-state index in [1.165, 1.54) is 10.9 Å². The largest absolute Gasteiger partial charge is 0.322 e. The fourth-order valence-corrected chi connectivity index (χ4v) is 2.38. The number of benzene rings is 2. The zero-order valence-electron chi connectivity index (χ0n) is 13.4. The minimum Gasteiger partial charge on any atom is -0.322 e. The van der Waals surface area contributed by atoms with Crippen LogP contribution in [0.3, 0.4) is 0 Å². The molecule has 0 atom stereocenters. The van der Waals surface area contributed by atoms with Crippen LogP contribution in [0.4, 0.5) is 11.5 Å². The Morgan fingerprint density at radius 3 is 2.32 bits per heavy atom. The predicted molar refractivity (Wildman–Crippen MR) is 97.0 cm³/mol. The maximum absolute atomic E-state index is 12.5. The van der Waals surface area contributed by atoms with Crippen LogP contribution in [0.15, 0.2) is 60.8 Å². The van der Waals surface area contributed by atoms with Gasteiger partial charge < -0.3 is 10.6 Å². The zero-order valence-corrected chi connectivity index (χ0v) is 14.1. The Morgan fingerprint density at radius 1 is 0.960 bits per heavy atom. The molecule has 0 unspecified atom stereocenters. The fourth-order valence-electron chi connectivity index (χ4n) is 2.25. The number of hydrogen-bond acceptors (Lipinski definition) is 3. The minimum atomic E-state index is -0.376. The highest BCUT2D eigenvalue weighted by molar-refractivity contribution is 6.30. The molecule has 0 saturated carbocycles. The summed E-state index contributed by atoms with van der Waals surface area (Å²) in [5.41, 5.74) is 1.35. The molecule has 2 amide bonds. The van der Waals surface area contributed by atoms with Gasteiger partial charge in [-0.1, -0.05) is 29.8 Å². The molecule has 0 fully saturated rings. The summed E-state index contributed by atoms with van der Waals surface area (Å²) >= 11 is 5.84. The van der Waals surface area contributed by atoms with Crippen LogP contribution in [0.2, 0.25) is 5.02 Å². The van der Waals surface area contributed by atoms with E-state index < -0.39 is 0 Å². The lowest BCUT2D eigenvalue weighted by Crippen LogP contribution is -2.19. The molecule has 7 heteroatoms. The molecular formula is C18H15ClN4O2. The minimum absolute atomic E-state index is 0.265. The molecular weight excluding hydrogens is 340 g/mol. The zero-order chi connectivity index (χ0) is 17.8. The van der Waals surface area contributed by atoms with Gasteiger partial charge in [-0.15, -0.1) is 0 Å². The van der Waals surface area contributed by atoms with E-state index in [0.717, 1.165) is 0 Å². The summed E-state index contributed by atoms with van der Waals surface area (Å²) < 4.78 is 1.44. The average Bonchev–Trinajstić information content (AvgIpc) is 2.98. The van der Waals surface area contributed by atoms with E-state index in [1.54, 1.807) is 55.6 Å². The first kappa shape index (κ1) is 16.7. The Labute approximate surface area is 149 Å². The number of nitrogens with zero attached hydrogens (tertiary/aromatic N) is 2. The Bertz CT molecular complexity index is 905. The van der Waals surface area contributed by atoms with Gasteiger partial charge in [-0.25, -0.2) is 0 Å². The van der Waals surface area contributed by atoms with Crippen LogP contribution in [-0.2, 0) is 7.05 Å². The van der Waals surface area contributed by atoms with Crippen LogP contribution in [0.5, 0.6) is 0 Å². The lowest BCUT2D eigenvalue weighted by atomic mass is 10.2. The summed E-state index contributed by atoms with van der Waals surface area (Å²) in [6.45, 7) is 0. The first-order valence-corrected chi connectivity index (χ1v) is 7.87. The van der Waals surface area contributed by atoms with Gasteiger partial charge in [0.05, 0.1) is 6.20 Å². The average molecular weight is 355 g/mol. The normalized spacial score (nSPS) is 10.3. The first-order chi connectivity index (χ1) is 12.0. The molecule has 2 N–H and O–H groups in total. The van der Waals surface area contributed by atoms with Crippen molar-refractivity contribution in [3.05, 3.63) is 76.9 Å². The molecule has 0 aliphatic heterocycles. The van der Waals surface area contributed by atoms with Crippen LogP contribution in [-0.4, -0.2) is 21.6 Å². The predicted octanol–water partition coefficient (Wildman–Crippen LogP) is 3.58. The van der Waals surface area contributed by atoms with Crippen LogP contribution in [0.25, 0.3) is 0 Å². The number of anilines is 2. The molecule has 25 heavy (non-hydrogen) atoms. The van der Waals surface area contributed by atoms with Crippen LogP contribution in [0.1, 0.15) is 20.7 Å². The van der Waals surface area contributed by atoms with Gasteiger partial charge in [0.25, 0.3) is 11.8 Å². The van der Waals surface area contributed by atoms with Crippen molar-refractivity contribution in [2.45, 2.75) is 0 Å². The van der Waals surface area contributed by atoms with E-state index in [9.17, 15) is 9.59 Å². The lowest BCUT2D eigenvalue weighted by molar-refractivity contribution is 0.102. The number of carbonyl (C=O) groups excluding carboxylic acids is 2. The number of halogens is 1. The molecule has 6 nitrogen and oxygen atoms in total. The molecule has 2 aromatic carbocycles. The van der Waals surface area contributed by atoms with Crippen molar-refractivity contribution in [2.24, 2.45) is 7.05 Å². The van der Waals surface area contributed by atoms with E-state index in [0.29, 0.717) is 22.1 Å². The SMILES string of the molecule is Cn1ncc(C(=O)Nc2ccc(Cl)cc2)c1NC(=O)c1ccccc1. The van der Waals surface area contributed by atoms with Gasteiger partial charge in [-0.05, 0) is 36.4 Å². The van der Waals surface area contributed by atoms with Crippen molar-refractivity contribution in [1.29, 1.82) is 0 Å². The van der Waals surface area contributed by atoms with Gasteiger partial charge in [-0.3, -0.25) is 14.3 Å². The third kappa shape index (κ3) is 3.87. The second-order valence-electron chi connectivity index (χ2n) is 5.31. The summed E-state index contributed by atoms with van der Waals surface area (Å²) in [6.07, 6.45) is 1.41. The molecule has 3 rings (SSSR count). The highest BCUT2D eigenvalue weighted by Gasteiger charge is 2.19. The third-order valence-electron chi connectivity index (χ3n) is 3.55. The Hall–Kier alpha value is -3.12. The molecule has 0 saturated heterocycles. The lowest BCUT2D eigenvalue weighted by Gasteiger charge is -2.09. The van der Waals surface area contributed by atoms with Crippen LogP contribution < -0.4 is 10.6 Å². The van der Waals surface area contributed by atoms with Gasteiger partial charge in [0, 0.05) is 23.3 Å². The third-order valence-corrected chi connectivity index (χ3v) is 3.81. The molecule has 1 aromatic heterocycles. The quantitative estimate of drug-likeness (QED) is 0.751. The Balaban J connectivity index is 1.80. The van der Waals surface area contributed by atoms with E-state index in [2.05, 4.69) is 15.7 Å².